The molecule has 0 radical (unpaired) electrons. The minimum Gasteiger partial charge on any atom is -0.480 e. The van der Waals surface area contributed by atoms with Gasteiger partial charge in [-0.1, -0.05) is 0 Å². The van der Waals surface area contributed by atoms with Gasteiger partial charge in [0.1, 0.15) is 11.6 Å². The highest BCUT2D eigenvalue weighted by molar-refractivity contribution is 5.82. The number of halogens is 1. The molecule has 18 heavy (non-hydrogen) atoms. The second-order valence-electron chi connectivity index (χ2n) is 4.34. The summed E-state index contributed by atoms with van der Waals surface area (Å²) in [5.41, 5.74) is 0.0982. The molecule has 0 heterocycles. The molecular formula is C13H14FNO3. The summed E-state index contributed by atoms with van der Waals surface area (Å²) in [7, 11) is 0. The summed E-state index contributed by atoms with van der Waals surface area (Å²) < 4.78 is 18.3. The maximum absolute atomic E-state index is 12.9. The van der Waals surface area contributed by atoms with E-state index in [1.54, 1.807) is 6.92 Å². The van der Waals surface area contributed by atoms with Crippen molar-refractivity contribution in [2.75, 3.05) is 0 Å². The van der Waals surface area contributed by atoms with Crippen molar-refractivity contribution in [3.8, 4) is 5.75 Å². The lowest BCUT2D eigenvalue weighted by atomic mass is 10.2. The third-order valence-corrected chi connectivity index (χ3v) is 2.70. The summed E-state index contributed by atoms with van der Waals surface area (Å²) in [6.45, 7) is 1.59. The SMILES string of the molecule is CC(Oc1ccc(F)cc1C=O)C(=O)NC1CC1. The van der Waals surface area contributed by atoms with E-state index in [1.807, 2.05) is 0 Å². The zero-order chi connectivity index (χ0) is 13.1. The van der Waals surface area contributed by atoms with E-state index < -0.39 is 11.9 Å². The predicted octanol–water partition coefficient (Wildman–Crippen LogP) is 1.68. The van der Waals surface area contributed by atoms with E-state index in [0.717, 1.165) is 18.9 Å². The van der Waals surface area contributed by atoms with Crippen molar-refractivity contribution in [1.82, 2.24) is 5.32 Å². The minimum absolute atomic E-state index is 0.0982. The van der Waals surface area contributed by atoms with Gasteiger partial charge in [-0.25, -0.2) is 4.39 Å². The Morgan fingerprint density at radius 1 is 1.56 bits per heavy atom. The van der Waals surface area contributed by atoms with Crippen LogP contribution in [-0.2, 0) is 4.79 Å². The molecule has 0 saturated heterocycles. The Balaban J connectivity index is 2.03. The molecule has 0 aliphatic heterocycles. The van der Waals surface area contributed by atoms with E-state index in [2.05, 4.69) is 5.32 Å². The van der Waals surface area contributed by atoms with E-state index in [1.165, 1.54) is 12.1 Å². The second-order valence-corrected chi connectivity index (χ2v) is 4.34. The molecular weight excluding hydrogens is 237 g/mol. The molecule has 2 rings (SSSR count). The highest BCUT2D eigenvalue weighted by Crippen LogP contribution is 2.21. The number of amides is 1. The molecule has 1 aromatic carbocycles. The number of ether oxygens (including phenoxy) is 1. The molecule has 1 unspecified atom stereocenters. The van der Waals surface area contributed by atoms with Gasteiger partial charge in [-0.2, -0.15) is 0 Å². The van der Waals surface area contributed by atoms with Gasteiger partial charge in [0.2, 0.25) is 0 Å². The van der Waals surface area contributed by atoms with Crippen LogP contribution in [0.3, 0.4) is 0 Å². The van der Waals surface area contributed by atoms with Gasteiger partial charge in [0, 0.05) is 6.04 Å². The molecule has 1 fully saturated rings. The average molecular weight is 251 g/mol. The fraction of sp³-hybridized carbons (Fsp3) is 0.385. The van der Waals surface area contributed by atoms with Gasteiger partial charge in [-0.3, -0.25) is 9.59 Å². The van der Waals surface area contributed by atoms with Crippen LogP contribution >= 0.6 is 0 Å². The van der Waals surface area contributed by atoms with Crippen molar-refractivity contribution in [3.63, 3.8) is 0 Å². The van der Waals surface area contributed by atoms with Crippen molar-refractivity contribution < 1.29 is 18.7 Å². The van der Waals surface area contributed by atoms with Crippen molar-refractivity contribution in [3.05, 3.63) is 29.6 Å². The maximum Gasteiger partial charge on any atom is 0.260 e. The van der Waals surface area contributed by atoms with Gasteiger partial charge in [-0.05, 0) is 38.0 Å². The lowest BCUT2D eigenvalue weighted by Crippen LogP contribution is -2.37. The molecule has 0 aromatic heterocycles. The fourth-order valence-electron chi connectivity index (χ4n) is 1.51. The molecule has 0 spiro atoms. The Morgan fingerprint density at radius 2 is 2.28 bits per heavy atom. The van der Waals surface area contributed by atoms with Gasteiger partial charge in [0.25, 0.3) is 5.91 Å². The van der Waals surface area contributed by atoms with Crippen molar-refractivity contribution in [1.29, 1.82) is 0 Å². The van der Waals surface area contributed by atoms with Crippen molar-refractivity contribution in [2.24, 2.45) is 0 Å². The van der Waals surface area contributed by atoms with Crippen LogP contribution in [0.2, 0.25) is 0 Å². The van der Waals surface area contributed by atoms with E-state index >= 15 is 0 Å². The highest BCUT2D eigenvalue weighted by atomic mass is 19.1. The standard InChI is InChI=1S/C13H14FNO3/c1-8(13(17)15-11-3-4-11)18-12-5-2-10(14)6-9(12)7-16/h2,5-8,11H,3-4H2,1H3,(H,15,17). The molecule has 96 valence electrons. The second kappa shape index (κ2) is 5.16. The average Bonchev–Trinajstić information content (AvgIpc) is 3.15. The summed E-state index contributed by atoms with van der Waals surface area (Å²) in [5, 5.41) is 2.80. The molecule has 5 heteroatoms. The smallest absolute Gasteiger partial charge is 0.260 e. The van der Waals surface area contributed by atoms with Crippen LogP contribution in [0.4, 0.5) is 4.39 Å². The lowest BCUT2D eigenvalue weighted by molar-refractivity contribution is -0.127. The summed E-state index contributed by atoms with van der Waals surface area (Å²) in [6.07, 6.45) is 1.78. The molecule has 1 aliphatic carbocycles. The monoisotopic (exact) mass is 251 g/mol. The zero-order valence-corrected chi connectivity index (χ0v) is 9.98. The maximum atomic E-state index is 12.9. The zero-order valence-electron chi connectivity index (χ0n) is 9.98. The predicted molar refractivity (Wildman–Crippen MR) is 63.0 cm³/mol. The Morgan fingerprint density at radius 3 is 2.89 bits per heavy atom. The first-order valence-corrected chi connectivity index (χ1v) is 5.82. The third-order valence-electron chi connectivity index (χ3n) is 2.70. The van der Waals surface area contributed by atoms with Crippen molar-refractivity contribution in [2.45, 2.75) is 31.9 Å². The number of carbonyl (C=O) groups excluding carboxylic acids is 2. The topological polar surface area (TPSA) is 55.4 Å². The lowest BCUT2D eigenvalue weighted by Gasteiger charge is -2.15. The Bertz CT molecular complexity index is 471. The molecule has 1 amide bonds. The van der Waals surface area contributed by atoms with Gasteiger partial charge in [0.15, 0.2) is 12.4 Å². The normalized spacial score (nSPS) is 15.9. The Hall–Kier alpha value is -1.91. The fourth-order valence-corrected chi connectivity index (χ4v) is 1.51. The summed E-state index contributed by atoms with van der Waals surface area (Å²) in [6, 6.07) is 3.86. The molecule has 1 N–H and O–H groups in total. The number of nitrogens with one attached hydrogen (secondary N) is 1. The Labute approximate surface area is 104 Å². The van der Waals surface area contributed by atoms with Gasteiger partial charge in [-0.15, -0.1) is 0 Å². The van der Waals surface area contributed by atoms with Crippen LogP contribution in [0, 0.1) is 5.82 Å². The first-order chi connectivity index (χ1) is 8.60. The van der Waals surface area contributed by atoms with E-state index in [0.29, 0.717) is 6.29 Å². The van der Waals surface area contributed by atoms with E-state index in [9.17, 15) is 14.0 Å². The number of carbonyl (C=O) groups is 2. The first-order valence-electron chi connectivity index (χ1n) is 5.82. The molecule has 4 nitrogen and oxygen atoms in total. The van der Waals surface area contributed by atoms with E-state index in [-0.39, 0.29) is 23.3 Å². The summed E-state index contributed by atoms with van der Waals surface area (Å²) in [5.74, 6) is -0.525. The van der Waals surface area contributed by atoms with Crippen LogP contribution in [0.5, 0.6) is 5.75 Å². The van der Waals surface area contributed by atoms with Gasteiger partial charge in [0.05, 0.1) is 5.56 Å². The van der Waals surface area contributed by atoms with Crippen LogP contribution in [0.25, 0.3) is 0 Å². The highest BCUT2D eigenvalue weighted by Gasteiger charge is 2.26. The molecule has 1 atom stereocenters. The van der Waals surface area contributed by atoms with Crippen LogP contribution in [0.1, 0.15) is 30.1 Å². The Kier molecular flexibility index (Phi) is 3.60. The van der Waals surface area contributed by atoms with E-state index in [4.69, 9.17) is 4.74 Å². The quantitative estimate of drug-likeness (QED) is 0.810. The summed E-state index contributed by atoms with van der Waals surface area (Å²) >= 11 is 0. The molecule has 1 aromatic rings. The number of hydrogen-bond acceptors (Lipinski definition) is 3. The number of hydrogen-bond donors (Lipinski definition) is 1. The summed E-state index contributed by atoms with van der Waals surface area (Å²) in [4.78, 5) is 22.4. The van der Waals surface area contributed by atoms with Gasteiger partial charge >= 0.3 is 0 Å². The van der Waals surface area contributed by atoms with Crippen LogP contribution in [0.15, 0.2) is 18.2 Å². The third kappa shape index (κ3) is 3.06. The van der Waals surface area contributed by atoms with Crippen LogP contribution in [-0.4, -0.2) is 24.3 Å². The first kappa shape index (κ1) is 12.5. The van der Waals surface area contributed by atoms with Crippen LogP contribution < -0.4 is 10.1 Å². The van der Waals surface area contributed by atoms with Gasteiger partial charge < -0.3 is 10.1 Å². The number of aldehydes is 1. The van der Waals surface area contributed by atoms with Crippen molar-refractivity contribution >= 4 is 12.2 Å². The molecule has 1 aliphatic rings. The largest absolute Gasteiger partial charge is 0.480 e. The minimum atomic E-state index is -0.713. The number of benzene rings is 1. The molecule has 0 bridgehead atoms. The molecule has 1 saturated carbocycles. The number of rotatable bonds is 5.